The third-order valence-corrected chi connectivity index (χ3v) is 1.62. The predicted octanol–water partition coefficient (Wildman–Crippen LogP) is 1.92. The van der Waals surface area contributed by atoms with Crippen molar-refractivity contribution >= 4 is 18.2 Å². The van der Waals surface area contributed by atoms with Gasteiger partial charge in [-0.2, -0.15) is 0 Å². The van der Waals surface area contributed by atoms with E-state index in [4.69, 9.17) is 5.73 Å². The monoisotopic (exact) mass is 221 g/mol. The summed E-state index contributed by atoms with van der Waals surface area (Å²) in [6, 6.07) is 2.26. The van der Waals surface area contributed by atoms with Crippen LogP contribution in [-0.2, 0) is 0 Å². The number of benzene rings is 1. The molecule has 0 radical (unpaired) electrons. The van der Waals surface area contributed by atoms with Crippen LogP contribution in [-0.4, -0.2) is 11.8 Å². The molecular formula is C9H10ClF2NO. The molecule has 0 aliphatic rings. The molecule has 0 aliphatic carbocycles. The number of halogens is 3. The SMILES string of the molecule is CC(N)C(=O)c1ccc(F)c(F)c1.Cl. The summed E-state index contributed by atoms with van der Waals surface area (Å²) in [5, 5.41) is 0. The Morgan fingerprint density at radius 2 is 1.93 bits per heavy atom. The average Bonchev–Trinajstić information content (AvgIpc) is 2.08. The molecule has 0 heterocycles. The van der Waals surface area contributed by atoms with Crippen LogP contribution in [0, 0.1) is 11.6 Å². The first-order chi connectivity index (χ1) is 6.02. The molecule has 0 spiro atoms. The molecule has 0 fully saturated rings. The number of ketones is 1. The molecule has 1 rings (SSSR count). The molecule has 2 N–H and O–H groups in total. The third-order valence-electron chi connectivity index (χ3n) is 1.62. The highest BCUT2D eigenvalue weighted by Gasteiger charge is 2.12. The summed E-state index contributed by atoms with van der Waals surface area (Å²) in [4.78, 5) is 11.2. The number of Topliss-reactive ketones (excluding diaryl/α,β-unsaturated/α-hetero) is 1. The van der Waals surface area contributed by atoms with E-state index in [1.807, 2.05) is 0 Å². The van der Waals surface area contributed by atoms with Crippen LogP contribution in [0.5, 0.6) is 0 Å². The Morgan fingerprint density at radius 3 is 2.36 bits per heavy atom. The van der Waals surface area contributed by atoms with Crippen LogP contribution in [0.4, 0.5) is 8.78 Å². The van der Waals surface area contributed by atoms with Gasteiger partial charge in [0.05, 0.1) is 6.04 Å². The average molecular weight is 222 g/mol. The second kappa shape index (κ2) is 5.02. The minimum Gasteiger partial charge on any atom is -0.321 e. The Balaban J connectivity index is 0.00000169. The predicted molar refractivity (Wildman–Crippen MR) is 51.6 cm³/mol. The van der Waals surface area contributed by atoms with Gasteiger partial charge in [-0.25, -0.2) is 8.78 Å². The van der Waals surface area contributed by atoms with Gasteiger partial charge in [0.25, 0.3) is 0 Å². The maximum absolute atomic E-state index is 12.6. The molecule has 0 amide bonds. The molecule has 1 aromatic rings. The molecule has 78 valence electrons. The summed E-state index contributed by atoms with van der Waals surface area (Å²) in [7, 11) is 0. The number of carbonyl (C=O) groups is 1. The first kappa shape index (κ1) is 13.0. The Labute approximate surface area is 86.5 Å². The van der Waals surface area contributed by atoms with Gasteiger partial charge in [-0.3, -0.25) is 4.79 Å². The van der Waals surface area contributed by atoms with Gasteiger partial charge in [0.15, 0.2) is 17.4 Å². The van der Waals surface area contributed by atoms with E-state index < -0.39 is 23.5 Å². The molecule has 1 atom stereocenters. The first-order valence-corrected chi connectivity index (χ1v) is 3.77. The van der Waals surface area contributed by atoms with E-state index in [1.165, 1.54) is 13.0 Å². The summed E-state index contributed by atoms with van der Waals surface area (Å²) in [6.07, 6.45) is 0. The standard InChI is InChI=1S/C9H9F2NO.ClH/c1-5(12)9(13)6-2-3-7(10)8(11)4-6;/h2-5H,12H2,1H3;1H. The first-order valence-electron chi connectivity index (χ1n) is 3.77. The zero-order valence-corrected chi connectivity index (χ0v) is 8.28. The molecule has 0 saturated heterocycles. The smallest absolute Gasteiger partial charge is 0.179 e. The lowest BCUT2D eigenvalue weighted by molar-refractivity contribution is 0.0967. The van der Waals surface area contributed by atoms with Gasteiger partial charge in [0, 0.05) is 5.56 Å². The number of nitrogens with two attached hydrogens (primary N) is 1. The van der Waals surface area contributed by atoms with Gasteiger partial charge in [0.1, 0.15) is 0 Å². The summed E-state index contributed by atoms with van der Waals surface area (Å²) in [6.45, 7) is 1.49. The van der Waals surface area contributed by atoms with E-state index in [0.29, 0.717) is 0 Å². The quantitative estimate of drug-likeness (QED) is 0.776. The Hall–Kier alpha value is -1.00. The number of hydrogen-bond donors (Lipinski definition) is 1. The molecule has 5 heteroatoms. The molecule has 1 unspecified atom stereocenters. The van der Waals surface area contributed by atoms with Crippen LogP contribution < -0.4 is 5.73 Å². The summed E-state index contributed by atoms with van der Waals surface area (Å²) >= 11 is 0. The molecule has 14 heavy (non-hydrogen) atoms. The van der Waals surface area contributed by atoms with Crippen molar-refractivity contribution in [2.45, 2.75) is 13.0 Å². The fourth-order valence-corrected chi connectivity index (χ4v) is 0.912. The van der Waals surface area contributed by atoms with Crippen LogP contribution in [0.3, 0.4) is 0 Å². The Bertz CT molecular complexity index is 342. The van der Waals surface area contributed by atoms with Crippen LogP contribution in [0.2, 0.25) is 0 Å². The van der Waals surface area contributed by atoms with E-state index in [1.54, 1.807) is 0 Å². The molecule has 0 aromatic heterocycles. The largest absolute Gasteiger partial charge is 0.321 e. The zero-order valence-electron chi connectivity index (χ0n) is 7.46. The van der Waals surface area contributed by atoms with Crippen LogP contribution in [0.15, 0.2) is 18.2 Å². The highest BCUT2D eigenvalue weighted by Crippen LogP contribution is 2.09. The normalized spacial score (nSPS) is 11.7. The maximum Gasteiger partial charge on any atom is 0.179 e. The van der Waals surface area contributed by atoms with Crippen molar-refractivity contribution in [2.75, 3.05) is 0 Å². The lowest BCUT2D eigenvalue weighted by Crippen LogP contribution is -2.26. The topological polar surface area (TPSA) is 43.1 Å². The lowest BCUT2D eigenvalue weighted by Gasteiger charge is -2.03. The Kier molecular flexibility index (Phi) is 4.67. The fraction of sp³-hybridized carbons (Fsp3) is 0.222. The highest BCUT2D eigenvalue weighted by molar-refractivity contribution is 5.99. The molecule has 0 aliphatic heterocycles. The van der Waals surface area contributed by atoms with E-state index in [-0.39, 0.29) is 18.0 Å². The van der Waals surface area contributed by atoms with Gasteiger partial charge >= 0.3 is 0 Å². The summed E-state index contributed by atoms with van der Waals surface area (Å²) < 4.78 is 25.1. The van der Waals surface area contributed by atoms with E-state index in [0.717, 1.165) is 12.1 Å². The summed E-state index contributed by atoms with van der Waals surface area (Å²) in [5.41, 5.74) is 5.38. The lowest BCUT2D eigenvalue weighted by atomic mass is 10.1. The third kappa shape index (κ3) is 2.75. The number of rotatable bonds is 2. The maximum atomic E-state index is 12.6. The van der Waals surface area contributed by atoms with E-state index in [9.17, 15) is 13.6 Å². The van der Waals surface area contributed by atoms with Gasteiger partial charge in [-0.1, -0.05) is 0 Å². The Morgan fingerprint density at radius 1 is 1.36 bits per heavy atom. The van der Waals surface area contributed by atoms with E-state index >= 15 is 0 Å². The van der Waals surface area contributed by atoms with Crippen LogP contribution >= 0.6 is 12.4 Å². The molecule has 2 nitrogen and oxygen atoms in total. The fourth-order valence-electron chi connectivity index (χ4n) is 0.912. The zero-order chi connectivity index (χ0) is 10.0. The minimum absolute atomic E-state index is 0. The summed E-state index contributed by atoms with van der Waals surface area (Å²) in [5.74, 6) is -2.41. The van der Waals surface area contributed by atoms with Gasteiger partial charge in [-0.15, -0.1) is 12.4 Å². The number of hydrogen-bond acceptors (Lipinski definition) is 2. The van der Waals surface area contributed by atoms with Gasteiger partial charge in [-0.05, 0) is 25.1 Å². The molecule has 0 bridgehead atoms. The van der Waals surface area contributed by atoms with E-state index in [2.05, 4.69) is 0 Å². The second-order valence-corrected chi connectivity index (χ2v) is 2.78. The number of carbonyl (C=O) groups excluding carboxylic acids is 1. The minimum atomic E-state index is -1.04. The highest BCUT2D eigenvalue weighted by atomic mass is 35.5. The van der Waals surface area contributed by atoms with Crippen molar-refractivity contribution in [3.05, 3.63) is 35.4 Å². The van der Waals surface area contributed by atoms with Crippen molar-refractivity contribution in [3.63, 3.8) is 0 Å². The van der Waals surface area contributed by atoms with Crippen molar-refractivity contribution in [2.24, 2.45) is 5.73 Å². The molecule has 0 saturated carbocycles. The molecule has 1 aromatic carbocycles. The van der Waals surface area contributed by atoms with Crippen molar-refractivity contribution < 1.29 is 13.6 Å². The van der Waals surface area contributed by atoms with Crippen molar-refractivity contribution in [1.29, 1.82) is 0 Å². The molecular weight excluding hydrogens is 212 g/mol. The van der Waals surface area contributed by atoms with Crippen molar-refractivity contribution in [1.82, 2.24) is 0 Å². The van der Waals surface area contributed by atoms with Crippen LogP contribution in [0.1, 0.15) is 17.3 Å². The van der Waals surface area contributed by atoms with Crippen LogP contribution in [0.25, 0.3) is 0 Å². The van der Waals surface area contributed by atoms with Gasteiger partial charge in [0.2, 0.25) is 0 Å². The van der Waals surface area contributed by atoms with Crippen molar-refractivity contribution in [3.8, 4) is 0 Å². The van der Waals surface area contributed by atoms with Gasteiger partial charge < -0.3 is 5.73 Å². The second-order valence-electron chi connectivity index (χ2n) is 2.78.